The zero-order valence-corrected chi connectivity index (χ0v) is 12.1. The van der Waals surface area contributed by atoms with Crippen LogP contribution in [0.25, 0.3) is 5.69 Å². The van der Waals surface area contributed by atoms with Crippen molar-refractivity contribution < 1.29 is 4.79 Å². The van der Waals surface area contributed by atoms with E-state index in [-0.39, 0.29) is 11.7 Å². The fourth-order valence-corrected chi connectivity index (χ4v) is 2.01. The highest BCUT2D eigenvalue weighted by atomic mass is 16.2. The van der Waals surface area contributed by atoms with Crippen LogP contribution in [0, 0.1) is 0 Å². The Bertz CT molecular complexity index is 631. The van der Waals surface area contributed by atoms with E-state index in [1.807, 2.05) is 18.2 Å². The van der Waals surface area contributed by atoms with Crippen LogP contribution in [0.1, 0.15) is 43.2 Å². The van der Waals surface area contributed by atoms with E-state index >= 15 is 0 Å². The van der Waals surface area contributed by atoms with E-state index in [4.69, 9.17) is 0 Å². The van der Waals surface area contributed by atoms with Crippen molar-refractivity contribution in [2.45, 2.75) is 32.6 Å². The molecule has 2 N–H and O–H groups in total. The number of hydrogen-bond donors (Lipinski definition) is 2. The number of benzene rings is 1. The van der Waals surface area contributed by atoms with Crippen molar-refractivity contribution in [2.75, 3.05) is 6.54 Å². The normalized spacial score (nSPS) is 10.5. The third kappa shape index (κ3) is 4.05. The molecule has 0 spiro atoms. The largest absolute Gasteiger partial charge is 0.349 e. The topological polar surface area (TPSA) is 79.8 Å². The van der Waals surface area contributed by atoms with Crippen LogP contribution in [0.5, 0.6) is 0 Å². The zero-order valence-electron chi connectivity index (χ0n) is 12.1. The average molecular weight is 288 g/mol. The van der Waals surface area contributed by atoms with Crippen molar-refractivity contribution in [1.29, 1.82) is 0 Å². The Morgan fingerprint density at radius 3 is 2.71 bits per heavy atom. The Morgan fingerprint density at radius 2 is 2.00 bits per heavy atom. The van der Waals surface area contributed by atoms with Crippen LogP contribution in [0.2, 0.25) is 0 Å². The first kappa shape index (κ1) is 15.0. The Kier molecular flexibility index (Phi) is 5.31. The number of amides is 1. The number of nitrogens with zero attached hydrogens (tertiary/aromatic N) is 2. The molecule has 2 aromatic rings. The summed E-state index contributed by atoms with van der Waals surface area (Å²) in [5.41, 5.74) is 0.207. The van der Waals surface area contributed by atoms with Gasteiger partial charge in [0.2, 0.25) is 5.82 Å². The van der Waals surface area contributed by atoms with E-state index in [9.17, 15) is 9.59 Å². The number of nitrogens with one attached hydrogen (secondary N) is 2. The minimum absolute atomic E-state index is 0.0411. The van der Waals surface area contributed by atoms with Gasteiger partial charge in [0.1, 0.15) is 0 Å². The molecule has 0 saturated carbocycles. The van der Waals surface area contributed by atoms with E-state index in [1.54, 1.807) is 12.1 Å². The minimum atomic E-state index is -0.419. The van der Waals surface area contributed by atoms with Gasteiger partial charge in [-0.3, -0.25) is 9.78 Å². The zero-order chi connectivity index (χ0) is 15.1. The number of carbonyl (C=O) groups is 1. The van der Waals surface area contributed by atoms with Crippen LogP contribution in [0.3, 0.4) is 0 Å². The van der Waals surface area contributed by atoms with E-state index in [1.165, 1.54) is 4.68 Å². The molecule has 0 atom stereocenters. The molecule has 112 valence electrons. The Balaban J connectivity index is 1.99. The van der Waals surface area contributed by atoms with Crippen LogP contribution >= 0.6 is 0 Å². The van der Waals surface area contributed by atoms with Crippen molar-refractivity contribution in [1.82, 2.24) is 20.1 Å². The van der Waals surface area contributed by atoms with E-state index in [0.29, 0.717) is 12.2 Å². The first-order chi connectivity index (χ1) is 10.2. The summed E-state index contributed by atoms with van der Waals surface area (Å²) in [6.07, 6.45) is 4.34. The predicted molar refractivity (Wildman–Crippen MR) is 80.7 cm³/mol. The second-order valence-corrected chi connectivity index (χ2v) is 4.84. The number of aromatic amines is 1. The number of unbranched alkanes of at least 4 members (excludes halogenated alkanes) is 3. The van der Waals surface area contributed by atoms with Crippen LogP contribution in [-0.4, -0.2) is 27.2 Å². The van der Waals surface area contributed by atoms with Gasteiger partial charge in [0.05, 0.1) is 5.69 Å². The summed E-state index contributed by atoms with van der Waals surface area (Å²) in [7, 11) is 0. The molecular weight excluding hydrogens is 268 g/mol. The van der Waals surface area contributed by atoms with E-state index < -0.39 is 5.69 Å². The van der Waals surface area contributed by atoms with Crippen molar-refractivity contribution in [3.8, 4) is 5.69 Å². The van der Waals surface area contributed by atoms with Gasteiger partial charge in [0.25, 0.3) is 5.91 Å². The summed E-state index contributed by atoms with van der Waals surface area (Å²) in [5.74, 6) is -0.308. The summed E-state index contributed by atoms with van der Waals surface area (Å²) in [4.78, 5) is 26.2. The number of H-pyrrole nitrogens is 1. The SMILES string of the molecule is CCCCCCNC(=O)c1nn(-c2ccccc2)c(=O)[nH]1. The molecule has 1 heterocycles. The number of rotatable bonds is 7. The van der Waals surface area contributed by atoms with Gasteiger partial charge in [-0.2, -0.15) is 4.68 Å². The number of para-hydroxylation sites is 1. The fraction of sp³-hybridized carbons (Fsp3) is 0.400. The van der Waals surface area contributed by atoms with Gasteiger partial charge in [-0.25, -0.2) is 4.79 Å². The smallest absolute Gasteiger partial charge is 0.348 e. The molecule has 6 heteroatoms. The maximum absolute atomic E-state index is 11.9. The lowest BCUT2D eigenvalue weighted by molar-refractivity contribution is 0.0942. The number of aromatic nitrogens is 3. The molecule has 1 aromatic heterocycles. The second-order valence-electron chi connectivity index (χ2n) is 4.84. The standard InChI is InChI=1S/C15H20N4O2/c1-2-3-4-8-11-16-14(20)13-17-15(21)19(18-13)12-9-6-5-7-10-12/h5-7,9-10H,2-4,8,11H2,1H3,(H,16,20)(H,17,18,21). The Morgan fingerprint density at radius 1 is 1.24 bits per heavy atom. The minimum Gasteiger partial charge on any atom is -0.349 e. The molecule has 0 unspecified atom stereocenters. The second kappa shape index (κ2) is 7.42. The molecule has 0 aliphatic heterocycles. The van der Waals surface area contributed by atoms with Gasteiger partial charge in [-0.1, -0.05) is 44.4 Å². The lowest BCUT2D eigenvalue weighted by Crippen LogP contribution is -2.25. The van der Waals surface area contributed by atoms with Crippen molar-refractivity contribution in [2.24, 2.45) is 0 Å². The molecule has 2 rings (SSSR count). The van der Waals surface area contributed by atoms with Crippen molar-refractivity contribution in [3.63, 3.8) is 0 Å². The molecule has 1 aromatic carbocycles. The Hall–Kier alpha value is -2.37. The van der Waals surface area contributed by atoms with Gasteiger partial charge >= 0.3 is 5.69 Å². The maximum Gasteiger partial charge on any atom is 0.348 e. The molecule has 1 amide bonds. The molecule has 6 nitrogen and oxygen atoms in total. The third-order valence-corrected chi connectivity index (χ3v) is 3.15. The van der Waals surface area contributed by atoms with Crippen LogP contribution in [0.15, 0.2) is 35.1 Å². The molecular formula is C15H20N4O2. The lowest BCUT2D eigenvalue weighted by atomic mass is 10.2. The van der Waals surface area contributed by atoms with Gasteiger partial charge in [-0.15, -0.1) is 5.10 Å². The molecule has 21 heavy (non-hydrogen) atoms. The average Bonchev–Trinajstić information content (AvgIpc) is 2.90. The Labute approximate surface area is 123 Å². The highest BCUT2D eigenvalue weighted by Gasteiger charge is 2.13. The van der Waals surface area contributed by atoms with Crippen LogP contribution in [0.4, 0.5) is 0 Å². The van der Waals surface area contributed by atoms with Gasteiger partial charge in [0, 0.05) is 6.54 Å². The van der Waals surface area contributed by atoms with E-state index in [0.717, 1.165) is 25.7 Å². The fourth-order valence-electron chi connectivity index (χ4n) is 2.01. The van der Waals surface area contributed by atoms with Crippen LogP contribution < -0.4 is 11.0 Å². The first-order valence-electron chi connectivity index (χ1n) is 7.25. The lowest BCUT2D eigenvalue weighted by Gasteiger charge is -2.02. The monoisotopic (exact) mass is 288 g/mol. The number of carbonyl (C=O) groups excluding carboxylic acids is 1. The highest BCUT2D eigenvalue weighted by molar-refractivity contribution is 5.90. The molecule has 0 aliphatic rings. The quantitative estimate of drug-likeness (QED) is 0.763. The van der Waals surface area contributed by atoms with Gasteiger partial charge in [-0.05, 0) is 18.6 Å². The summed E-state index contributed by atoms with van der Waals surface area (Å²) in [5, 5.41) is 6.80. The molecule has 0 fully saturated rings. The summed E-state index contributed by atoms with van der Waals surface area (Å²) in [6, 6.07) is 8.99. The van der Waals surface area contributed by atoms with Crippen molar-refractivity contribution in [3.05, 3.63) is 46.6 Å². The van der Waals surface area contributed by atoms with Crippen molar-refractivity contribution >= 4 is 5.91 Å². The summed E-state index contributed by atoms with van der Waals surface area (Å²) < 4.78 is 1.19. The predicted octanol–water partition coefficient (Wildman–Crippen LogP) is 1.87. The van der Waals surface area contributed by atoms with Crippen LogP contribution in [-0.2, 0) is 0 Å². The van der Waals surface area contributed by atoms with E-state index in [2.05, 4.69) is 22.3 Å². The molecule has 0 bridgehead atoms. The molecule has 0 saturated heterocycles. The van der Waals surface area contributed by atoms with Gasteiger partial charge < -0.3 is 5.32 Å². The first-order valence-corrected chi connectivity index (χ1v) is 7.25. The number of hydrogen-bond acceptors (Lipinski definition) is 3. The maximum atomic E-state index is 11.9. The highest BCUT2D eigenvalue weighted by Crippen LogP contribution is 2.02. The third-order valence-electron chi connectivity index (χ3n) is 3.15. The molecule has 0 radical (unpaired) electrons. The van der Waals surface area contributed by atoms with Gasteiger partial charge in [0.15, 0.2) is 0 Å². The summed E-state index contributed by atoms with van der Waals surface area (Å²) >= 11 is 0. The summed E-state index contributed by atoms with van der Waals surface area (Å²) in [6.45, 7) is 2.73. The molecule has 0 aliphatic carbocycles.